The number of fused-ring (bicyclic) bond motifs is 1. The van der Waals surface area contributed by atoms with Crippen LogP contribution in [0.1, 0.15) is 104 Å². The summed E-state index contributed by atoms with van der Waals surface area (Å²) in [7, 11) is 0. The predicted octanol–water partition coefficient (Wildman–Crippen LogP) is 7.72. The summed E-state index contributed by atoms with van der Waals surface area (Å²) in [6, 6.07) is 10.5. The van der Waals surface area contributed by atoms with Gasteiger partial charge in [-0.2, -0.15) is 13.2 Å². The molecule has 2 aromatic rings. The maximum Gasteiger partial charge on any atom is 0.416 e. The average molecular weight is 542 g/mol. The fourth-order valence-corrected chi connectivity index (χ4v) is 7.05. The van der Waals surface area contributed by atoms with Crippen LogP contribution in [0.2, 0.25) is 0 Å². The van der Waals surface area contributed by atoms with Gasteiger partial charge in [-0.25, -0.2) is 0 Å². The van der Waals surface area contributed by atoms with E-state index in [0.29, 0.717) is 11.8 Å². The van der Waals surface area contributed by atoms with E-state index >= 15 is 0 Å². The number of hydrogen-bond acceptors (Lipinski definition) is 3. The van der Waals surface area contributed by atoms with Crippen LogP contribution in [0, 0.1) is 11.8 Å². The van der Waals surface area contributed by atoms with Crippen molar-refractivity contribution in [1.82, 2.24) is 4.90 Å². The molecule has 7 heteroatoms. The first-order chi connectivity index (χ1) is 18.5. The number of carboxylic acids is 1. The van der Waals surface area contributed by atoms with Crippen LogP contribution in [-0.4, -0.2) is 34.7 Å². The molecule has 0 bridgehead atoms. The van der Waals surface area contributed by atoms with Crippen LogP contribution < -0.4 is 4.74 Å². The lowest BCUT2D eigenvalue weighted by molar-refractivity contribution is -0.142. The number of aliphatic carboxylic acids is 1. The maximum absolute atomic E-state index is 13.5. The van der Waals surface area contributed by atoms with E-state index in [-0.39, 0.29) is 17.6 Å². The number of carboxylic acid groups (broad SMARTS) is 1. The Morgan fingerprint density at radius 1 is 1.03 bits per heavy atom. The second kappa shape index (κ2) is 9.83. The van der Waals surface area contributed by atoms with Crippen molar-refractivity contribution in [2.45, 2.75) is 94.9 Å². The molecule has 2 aliphatic heterocycles. The van der Waals surface area contributed by atoms with Gasteiger partial charge in [-0.3, -0.25) is 9.69 Å². The number of hydrogen-bond donors (Lipinski definition) is 1. The molecule has 1 N–H and O–H groups in total. The summed E-state index contributed by atoms with van der Waals surface area (Å²) >= 11 is 0. The van der Waals surface area contributed by atoms with Gasteiger partial charge in [0.1, 0.15) is 11.4 Å². The van der Waals surface area contributed by atoms with E-state index in [9.17, 15) is 23.1 Å². The number of ether oxygens (including phenoxy) is 1. The van der Waals surface area contributed by atoms with Gasteiger partial charge >= 0.3 is 12.1 Å². The maximum atomic E-state index is 13.5. The molecular formula is C32H38F3NO3. The van der Waals surface area contributed by atoms with Gasteiger partial charge in [0.05, 0.1) is 11.5 Å². The molecule has 3 atom stereocenters. The molecule has 2 aliphatic carbocycles. The zero-order valence-electron chi connectivity index (χ0n) is 22.8. The molecule has 3 fully saturated rings. The number of nitrogens with zero attached hydrogens (tertiary/aromatic N) is 1. The Balaban J connectivity index is 1.18. The standard InChI is InChI=1S/C32H38F3NO3/c1-19(30(37)38)29(23-6-7-23)24-8-5-22-11-12-31(39-28(22)17-24)13-15-36(16-14-31)20(2)27-18-25(32(33,34)35)9-10-26(27)21-3-4-21/h5,8-10,17-21,23,29H,3-4,6-7,11-16H2,1-2H3,(H,37,38)/t19-,20?,29-/m0/s1. The van der Waals surface area contributed by atoms with Crippen molar-refractivity contribution in [2.24, 2.45) is 11.8 Å². The number of halogens is 3. The van der Waals surface area contributed by atoms with Crippen molar-refractivity contribution >= 4 is 5.97 Å². The van der Waals surface area contributed by atoms with E-state index in [0.717, 1.165) is 86.9 Å². The van der Waals surface area contributed by atoms with Crippen LogP contribution in [0.5, 0.6) is 5.75 Å². The smallest absolute Gasteiger partial charge is 0.416 e. The molecule has 0 amide bonds. The number of rotatable bonds is 7. The molecule has 2 aromatic carbocycles. The van der Waals surface area contributed by atoms with Crippen LogP contribution in [0.4, 0.5) is 13.2 Å². The molecule has 2 saturated carbocycles. The van der Waals surface area contributed by atoms with E-state index in [4.69, 9.17) is 4.74 Å². The van der Waals surface area contributed by atoms with Crippen LogP contribution >= 0.6 is 0 Å². The van der Waals surface area contributed by atoms with Gasteiger partial charge in [-0.15, -0.1) is 0 Å². The van der Waals surface area contributed by atoms with Gasteiger partial charge < -0.3 is 9.84 Å². The lowest BCUT2D eigenvalue weighted by atomic mass is 9.80. The fraction of sp³-hybridized carbons (Fsp3) is 0.594. The summed E-state index contributed by atoms with van der Waals surface area (Å²) < 4.78 is 47.3. The Labute approximate surface area is 228 Å². The van der Waals surface area contributed by atoms with Crippen molar-refractivity contribution in [3.05, 3.63) is 64.2 Å². The third-order valence-corrected chi connectivity index (χ3v) is 9.85. The highest BCUT2D eigenvalue weighted by Crippen LogP contribution is 2.50. The second-order valence-corrected chi connectivity index (χ2v) is 12.5. The van der Waals surface area contributed by atoms with E-state index in [1.54, 1.807) is 6.07 Å². The Morgan fingerprint density at radius 2 is 1.74 bits per heavy atom. The minimum absolute atomic E-state index is 0.00472. The molecule has 6 rings (SSSR count). The van der Waals surface area contributed by atoms with Gasteiger partial charge in [0.2, 0.25) is 0 Å². The van der Waals surface area contributed by atoms with Crippen LogP contribution in [0.15, 0.2) is 36.4 Å². The lowest BCUT2D eigenvalue weighted by Crippen LogP contribution is -2.50. The number of aryl methyl sites for hydroxylation is 1. The minimum Gasteiger partial charge on any atom is -0.487 e. The molecule has 0 aromatic heterocycles. The summed E-state index contributed by atoms with van der Waals surface area (Å²) in [4.78, 5) is 14.1. The summed E-state index contributed by atoms with van der Waals surface area (Å²) in [6.45, 7) is 5.40. The predicted molar refractivity (Wildman–Crippen MR) is 143 cm³/mol. The first kappa shape index (κ1) is 26.7. The summed E-state index contributed by atoms with van der Waals surface area (Å²) in [6.07, 6.45) is 3.42. The van der Waals surface area contributed by atoms with Crippen molar-refractivity contribution in [3.8, 4) is 5.75 Å². The van der Waals surface area contributed by atoms with Crippen LogP contribution in [0.3, 0.4) is 0 Å². The normalized spacial score (nSPS) is 23.5. The molecule has 2 heterocycles. The largest absolute Gasteiger partial charge is 0.487 e. The second-order valence-electron chi connectivity index (χ2n) is 12.5. The zero-order valence-corrected chi connectivity index (χ0v) is 22.8. The number of alkyl halides is 3. The fourth-order valence-electron chi connectivity index (χ4n) is 7.05. The zero-order chi connectivity index (χ0) is 27.5. The number of carbonyl (C=O) groups is 1. The van der Waals surface area contributed by atoms with Crippen molar-refractivity contribution in [1.29, 1.82) is 0 Å². The van der Waals surface area contributed by atoms with E-state index < -0.39 is 23.6 Å². The molecule has 4 nitrogen and oxygen atoms in total. The van der Waals surface area contributed by atoms with E-state index in [1.165, 1.54) is 17.7 Å². The van der Waals surface area contributed by atoms with Gasteiger partial charge in [0.15, 0.2) is 0 Å². The van der Waals surface area contributed by atoms with Gasteiger partial charge in [-0.05, 0) is 116 Å². The highest BCUT2D eigenvalue weighted by molar-refractivity contribution is 5.71. The summed E-state index contributed by atoms with van der Waals surface area (Å²) in [5.41, 5.74) is 3.30. The van der Waals surface area contributed by atoms with Crippen LogP contribution in [0.25, 0.3) is 0 Å². The molecule has 39 heavy (non-hydrogen) atoms. The molecule has 1 unspecified atom stereocenters. The Morgan fingerprint density at radius 3 is 2.36 bits per heavy atom. The number of piperidine rings is 1. The topological polar surface area (TPSA) is 49.8 Å². The van der Waals surface area contributed by atoms with Crippen molar-refractivity contribution < 1.29 is 27.8 Å². The van der Waals surface area contributed by atoms with Crippen molar-refractivity contribution in [2.75, 3.05) is 13.1 Å². The summed E-state index contributed by atoms with van der Waals surface area (Å²) in [5.74, 6) is 0.509. The quantitative estimate of drug-likeness (QED) is 0.390. The van der Waals surface area contributed by atoms with Gasteiger partial charge in [0, 0.05) is 19.1 Å². The van der Waals surface area contributed by atoms with Gasteiger partial charge in [0.25, 0.3) is 0 Å². The monoisotopic (exact) mass is 541 g/mol. The lowest BCUT2D eigenvalue weighted by Gasteiger charge is -2.46. The van der Waals surface area contributed by atoms with E-state index in [2.05, 4.69) is 23.1 Å². The SMILES string of the molecule is CC(c1cc(C(F)(F)F)ccc1C1CC1)N1CCC2(CCc3ccc([C@H](C4CC4)[C@H](C)C(=O)O)cc3O2)CC1. The van der Waals surface area contributed by atoms with Crippen molar-refractivity contribution in [3.63, 3.8) is 0 Å². The Hall–Kier alpha value is -2.54. The van der Waals surface area contributed by atoms with E-state index in [1.807, 2.05) is 13.8 Å². The summed E-state index contributed by atoms with van der Waals surface area (Å²) in [5, 5.41) is 9.69. The number of likely N-dealkylation sites (tertiary alicyclic amines) is 1. The van der Waals surface area contributed by atoms with Crippen LogP contribution in [-0.2, 0) is 17.4 Å². The Kier molecular flexibility index (Phi) is 6.72. The third-order valence-electron chi connectivity index (χ3n) is 9.85. The molecular weight excluding hydrogens is 503 g/mol. The Bertz CT molecular complexity index is 1240. The number of benzene rings is 2. The molecule has 1 saturated heterocycles. The molecule has 210 valence electrons. The third kappa shape index (κ3) is 5.31. The molecule has 1 spiro atoms. The molecule has 4 aliphatic rings. The average Bonchev–Trinajstić information content (AvgIpc) is 3.82. The van der Waals surface area contributed by atoms with Gasteiger partial charge in [-0.1, -0.05) is 25.1 Å². The highest BCUT2D eigenvalue weighted by atomic mass is 19.4. The molecule has 0 radical (unpaired) electrons. The first-order valence-electron chi connectivity index (χ1n) is 14.5. The highest BCUT2D eigenvalue weighted by Gasteiger charge is 2.43. The first-order valence-corrected chi connectivity index (χ1v) is 14.5. The minimum atomic E-state index is -4.34.